The van der Waals surface area contributed by atoms with E-state index in [0.717, 1.165) is 37.1 Å². The highest BCUT2D eigenvalue weighted by Crippen LogP contribution is 2.23. The molecule has 31 heavy (non-hydrogen) atoms. The molecule has 170 valence electrons. The molecule has 0 radical (unpaired) electrons. The van der Waals surface area contributed by atoms with E-state index in [1.165, 1.54) is 24.3 Å². The van der Waals surface area contributed by atoms with Crippen LogP contribution in [-0.2, 0) is 25.0 Å². The van der Waals surface area contributed by atoms with Crippen LogP contribution in [-0.4, -0.2) is 50.5 Å². The van der Waals surface area contributed by atoms with E-state index < -0.39 is 20.2 Å². The van der Waals surface area contributed by atoms with Crippen LogP contribution in [0, 0.1) is 13.8 Å². The standard InChI is InChI=1S/2C7H8O3S.C6H10N2O/c2*1-6-2-4-7(5-3-6)11(8,9)10;9-5-1-2-6(8-5)3-7-4-6/h2*2-5H,1H3,(H,8,9,10);7H,1-4H2,(H,8,9). The van der Waals surface area contributed by atoms with Gasteiger partial charge in [0, 0.05) is 19.5 Å². The van der Waals surface area contributed by atoms with Crippen molar-refractivity contribution in [1.29, 1.82) is 0 Å². The smallest absolute Gasteiger partial charge is 0.294 e. The van der Waals surface area contributed by atoms with Crippen molar-refractivity contribution >= 4 is 26.1 Å². The summed E-state index contributed by atoms with van der Waals surface area (Å²) in [6, 6.07) is 12.0. The molecule has 2 aromatic carbocycles. The number of hydrogen-bond acceptors (Lipinski definition) is 6. The summed E-state index contributed by atoms with van der Waals surface area (Å²) in [7, 11) is -8.04. The van der Waals surface area contributed by atoms with Crippen LogP contribution in [0.2, 0.25) is 0 Å². The lowest BCUT2D eigenvalue weighted by atomic mass is 9.91. The Balaban J connectivity index is 0.000000166. The molecule has 2 aliphatic rings. The van der Waals surface area contributed by atoms with Gasteiger partial charge in [-0.3, -0.25) is 13.9 Å². The first kappa shape index (κ1) is 25.0. The zero-order chi connectivity index (χ0) is 23.3. The Hall–Kier alpha value is -2.31. The minimum absolute atomic E-state index is 0.0666. The van der Waals surface area contributed by atoms with Gasteiger partial charge >= 0.3 is 0 Å². The molecule has 4 N–H and O–H groups in total. The van der Waals surface area contributed by atoms with Gasteiger partial charge in [0.2, 0.25) is 5.91 Å². The highest BCUT2D eigenvalue weighted by molar-refractivity contribution is 7.86. The Kier molecular flexibility index (Phi) is 7.95. The third kappa shape index (κ3) is 7.71. The highest BCUT2D eigenvalue weighted by Gasteiger charge is 2.42. The lowest BCUT2D eigenvalue weighted by Gasteiger charge is -2.38. The summed E-state index contributed by atoms with van der Waals surface area (Å²) in [5.41, 5.74) is 2.09. The Labute approximate surface area is 182 Å². The molecule has 2 aromatic rings. The lowest BCUT2D eigenvalue weighted by Crippen LogP contribution is -2.65. The number of carbonyl (C=O) groups is 1. The van der Waals surface area contributed by atoms with Crippen molar-refractivity contribution in [2.45, 2.75) is 42.0 Å². The molecule has 0 saturated carbocycles. The van der Waals surface area contributed by atoms with Crippen molar-refractivity contribution in [3.05, 3.63) is 59.7 Å². The van der Waals surface area contributed by atoms with Gasteiger partial charge in [-0.2, -0.15) is 16.8 Å². The average Bonchev–Trinajstić information content (AvgIpc) is 3.05. The lowest BCUT2D eigenvalue weighted by molar-refractivity contribution is -0.120. The van der Waals surface area contributed by atoms with Gasteiger partial charge in [0.1, 0.15) is 0 Å². The summed E-state index contributed by atoms with van der Waals surface area (Å²) >= 11 is 0. The first-order chi connectivity index (χ1) is 14.3. The minimum atomic E-state index is -4.02. The molecule has 4 rings (SSSR count). The number of benzene rings is 2. The van der Waals surface area contributed by atoms with Crippen molar-refractivity contribution in [1.82, 2.24) is 10.6 Å². The predicted octanol–water partition coefficient (Wildman–Crippen LogP) is 1.72. The summed E-state index contributed by atoms with van der Waals surface area (Å²) < 4.78 is 59.1. The van der Waals surface area contributed by atoms with Gasteiger partial charge in [0.25, 0.3) is 20.2 Å². The first-order valence-corrected chi connectivity index (χ1v) is 12.3. The largest absolute Gasteiger partial charge is 0.348 e. The van der Waals surface area contributed by atoms with Crippen LogP contribution in [0.5, 0.6) is 0 Å². The second kappa shape index (κ2) is 9.88. The summed E-state index contributed by atoms with van der Waals surface area (Å²) in [5.74, 6) is 0.219. The van der Waals surface area contributed by atoms with Crippen LogP contribution < -0.4 is 10.6 Å². The fraction of sp³-hybridized carbons (Fsp3) is 0.350. The van der Waals surface area contributed by atoms with Crippen molar-refractivity contribution in [2.75, 3.05) is 13.1 Å². The van der Waals surface area contributed by atoms with E-state index in [0.29, 0.717) is 0 Å². The number of rotatable bonds is 2. The molecule has 9 nitrogen and oxygen atoms in total. The van der Waals surface area contributed by atoms with Crippen LogP contribution in [0.3, 0.4) is 0 Å². The molecule has 0 bridgehead atoms. The molecular formula is C20H26N2O7S2. The molecule has 2 aliphatic heterocycles. The van der Waals surface area contributed by atoms with Gasteiger partial charge < -0.3 is 10.6 Å². The van der Waals surface area contributed by atoms with E-state index in [2.05, 4.69) is 10.6 Å². The Bertz CT molecular complexity index is 1030. The topological polar surface area (TPSA) is 150 Å². The molecule has 0 atom stereocenters. The molecule has 1 amide bonds. The molecule has 0 aliphatic carbocycles. The van der Waals surface area contributed by atoms with E-state index in [9.17, 15) is 21.6 Å². The SMILES string of the molecule is Cc1ccc(S(=O)(=O)O)cc1.Cc1ccc(S(=O)(=O)O)cc1.O=C1CCC2(CNC2)N1. The maximum absolute atomic E-state index is 10.7. The quantitative estimate of drug-likeness (QED) is 0.485. The minimum Gasteiger partial charge on any atom is -0.348 e. The van der Waals surface area contributed by atoms with Gasteiger partial charge in [-0.25, -0.2) is 0 Å². The molecule has 2 saturated heterocycles. The number of aryl methyl sites for hydroxylation is 2. The molecular weight excluding hydrogens is 444 g/mol. The zero-order valence-corrected chi connectivity index (χ0v) is 18.8. The first-order valence-electron chi connectivity index (χ1n) is 9.41. The van der Waals surface area contributed by atoms with Gasteiger partial charge in [0.15, 0.2) is 0 Å². The molecule has 11 heteroatoms. The maximum Gasteiger partial charge on any atom is 0.294 e. The van der Waals surface area contributed by atoms with Gasteiger partial charge in [-0.15, -0.1) is 0 Å². The van der Waals surface area contributed by atoms with Crippen molar-refractivity contribution in [2.24, 2.45) is 0 Å². The van der Waals surface area contributed by atoms with Crippen molar-refractivity contribution in [3.8, 4) is 0 Å². The predicted molar refractivity (Wildman–Crippen MR) is 115 cm³/mol. The van der Waals surface area contributed by atoms with Gasteiger partial charge in [-0.1, -0.05) is 35.4 Å². The summed E-state index contributed by atoms with van der Waals surface area (Å²) in [6.07, 6.45) is 1.75. The highest BCUT2D eigenvalue weighted by atomic mass is 32.2. The molecule has 0 unspecified atom stereocenters. The Morgan fingerprint density at radius 1 is 0.774 bits per heavy atom. The number of nitrogens with one attached hydrogen (secondary N) is 2. The van der Waals surface area contributed by atoms with Crippen molar-refractivity contribution < 1.29 is 30.7 Å². The van der Waals surface area contributed by atoms with Gasteiger partial charge in [-0.05, 0) is 44.5 Å². The third-order valence-electron chi connectivity index (χ3n) is 4.80. The van der Waals surface area contributed by atoms with E-state index in [1.54, 1.807) is 24.3 Å². The second-order valence-electron chi connectivity index (χ2n) is 7.51. The fourth-order valence-electron chi connectivity index (χ4n) is 2.89. The average molecular weight is 471 g/mol. The van der Waals surface area contributed by atoms with E-state index in [1.807, 2.05) is 13.8 Å². The molecule has 0 aromatic heterocycles. The second-order valence-corrected chi connectivity index (χ2v) is 10.4. The molecule has 2 heterocycles. The van der Waals surface area contributed by atoms with E-state index >= 15 is 0 Å². The normalized spacial score (nSPS) is 16.8. The van der Waals surface area contributed by atoms with Gasteiger partial charge in [0.05, 0.1) is 15.3 Å². The van der Waals surface area contributed by atoms with E-state index in [4.69, 9.17) is 9.11 Å². The molecule has 1 spiro atoms. The third-order valence-corrected chi connectivity index (χ3v) is 6.54. The fourth-order valence-corrected chi connectivity index (χ4v) is 3.85. The van der Waals surface area contributed by atoms with Crippen LogP contribution in [0.1, 0.15) is 24.0 Å². The maximum atomic E-state index is 10.7. The van der Waals surface area contributed by atoms with Crippen LogP contribution in [0.4, 0.5) is 0 Å². The summed E-state index contributed by atoms with van der Waals surface area (Å²) in [4.78, 5) is 10.6. The van der Waals surface area contributed by atoms with E-state index in [-0.39, 0.29) is 21.2 Å². The molecule has 2 fully saturated rings. The van der Waals surface area contributed by atoms with Crippen LogP contribution >= 0.6 is 0 Å². The number of carbonyl (C=O) groups excluding carboxylic acids is 1. The summed E-state index contributed by atoms with van der Waals surface area (Å²) in [5, 5.41) is 6.12. The zero-order valence-electron chi connectivity index (χ0n) is 17.2. The number of hydrogen-bond donors (Lipinski definition) is 4. The van der Waals surface area contributed by atoms with Crippen molar-refractivity contribution in [3.63, 3.8) is 0 Å². The Morgan fingerprint density at radius 3 is 1.35 bits per heavy atom. The van der Waals surface area contributed by atoms with Crippen LogP contribution in [0.15, 0.2) is 58.3 Å². The van der Waals surface area contributed by atoms with Crippen LogP contribution in [0.25, 0.3) is 0 Å². The monoisotopic (exact) mass is 470 g/mol. The Morgan fingerprint density at radius 2 is 1.16 bits per heavy atom. The summed E-state index contributed by atoms with van der Waals surface area (Å²) in [6.45, 7) is 5.62. The number of amides is 1.